The van der Waals surface area contributed by atoms with E-state index in [-0.39, 0.29) is 17.8 Å². The van der Waals surface area contributed by atoms with Gasteiger partial charge in [0.2, 0.25) is 10.7 Å². The van der Waals surface area contributed by atoms with Crippen LogP contribution in [0, 0.1) is 5.95 Å². The van der Waals surface area contributed by atoms with Crippen LogP contribution in [0.3, 0.4) is 0 Å². The van der Waals surface area contributed by atoms with Crippen molar-refractivity contribution in [1.29, 1.82) is 0 Å². The zero-order valence-corrected chi connectivity index (χ0v) is 22.8. The Balaban J connectivity index is 1.69. The Hall–Kier alpha value is -4.40. The van der Waals surface area contributed by atoms with Crippen LogP contribution in [0.25, 0.3) is 21.3 Å². The molecule has 0 aliphatic rings. The molecule has 4 aromatic rings. The second-order valence-electron chi connectivity index (χ2n) is 9.93. The molecular weight excluding hydrogens is 568 g/mol. The minimum absolute atomic E-state index is 0.0129. The highest BCUT2D eigenvalue weighted by atomic mass is 32.1. The number of carbonyl (C=O) groups excluding carboxylic acids is 1. The number of aromatic nitrogens is 4. The lowest BCUT2D eigenvalue weighted by Crippen LogP contribution is -2.43. The number of halogens is 4. The van der Waals surface area contributed by atoms with Crippen LogP contribution in [0.15, 0.2) is 53.8 Å². The maximum absolute atomic E-state index is 13.7. The molecular formula is C26H24F4N6O4S. The minimum Gasteiger partial charge on any atom is -0.463 e. The number of hydrogen-bond donors (Lipinski definition) is 2. The maximum atomic E-state index is 13.7. The summed E-state index contributed by atoms with van der Waals surface area (Å²) in [5, 5.41) is 18.1. The maximum Gasteiger partial charge on any atom is 0.433 e. The third-order valence-electron chi connectivity index (χ3n) is 5.46. The Morgan fingerprint density at radius 3 is 2.49 bits per heavy atom. The van der Waals surface area contributed by atoms with Gasteiger partial charge in [-0.15, -0.1) is 4.99 Å². The van der Waals surface area contributed by atoms with Gasteiger partial charge in [-0.25, -0.2) is 19.3 Å². The zero-order chi connectivity index (χ0) is 29.9. The summed E-state index contributed by atoms with van der Waals surface area (Å²) in [6.07, 6.45) is -4.44. The average molecular weight is 593 g/mol. The number of alkyl halides is 3. The van der Waals surface area contributed by atoms with Gasteiger partial charge in [0, 0.05) is 29.4 Å². The largest absolute Gasteiger partial charge is 0.463 e. The molecule has 1 aromatic carbocycles. The van der Waals surface area contributed by atoms with Crippen molar-refractivity contribution in [1.82, 2.24) is 25.1 Å². The van der Waals surface area contributed by atoms with Gasteiger partial charge in [0.15, 0.2) is 0 Å². The number of carbonyl (C=O) groups is 2. The highest BCUT2D eigenvalue weighted by Gasteiger charge is 2.32. The molecule has 1 atom stereocenters. The van der Waals surface area contributed by atoms with Crippen molar-refractivity contribution in [2.75, 3.05) is 0 Å². The topological polar surface area (TPSA) is 132 Å². The number of ether oxygens (including phenoxy) is 1. The van der Waals surface area contributed by atoms with E-state index in [0.29, 0.717) is 26.9 Å². The van der Waals surface area contributed by atoms with Crippen LogP contribution in [0.5, 0.6) is 0 Å². The van der Waals surface area contributed by atoms with Crippen molar-refractivity contribution in [3.63, 3.8) is 0 Å². The summed E-state index contributed by atoms with van der Waals surface area (Å²) >= 11 is 0.949. The Bertz CT molecular complexity index is 1640. The molecule has 0 radical (unpaired) electrons. The number of amides is 2. The Kier molecular flexibility index (Phi) is 8.37. The molecule has 0 aliphatic heterocycles. The SMILES string of the molecule is CC(C)(C)OC(=O)N[C@@H](Cc1ccc(C(F)(F)F)nc1)Cn1nc(-c2ccc3cnc(F)cc3c2)s/c1=N\C(=O)O. The molecule has 0 saturated carbocycles. The van der Waals surface area contributed by atoms with Crippen LogP contribution in [0.2, 0.25) is 0 Å². The Morgan fingerprint density at radius 1 is 1.10 bits per heavy atom. The number of benzene rings is 1. The second-order valence-corrected chi connectivity index (χ2v) is 10.9. The van der Waals surface area contributed by atoms with E-state index in [1.165, 1.54) is 23.0 Å². The van der Waals surface area contributed by atoms with Gasteiger partial charge >= 0.3 is 18.4 Å². The fourth-order valence-electron chi connectivity index (χ4n) is 3.80. The number of fused-ring (bicyclic) bond motifs is 1. The summed E-state index contributed by atoms with van der Waals surface area (Å²) < 4.78 is 59.2. The van der Waals surface area contributed by atoms with Gasteiger partial charge in [-0.1, -0.05) is 29.5 Å². The van der Waals surface area contributed by atoms with Crippen LogP contribution < -0.4 is 10.1 Å². The molecule has 2 N–H and O–H groups in total. The highest BCUT2D eigenvalue weighted by molar-refractivity contribution is 7.12. The lowest BCUT2D eigenvalue weighted by molar-refractivity contribution is -0.141. The number of nitrogens with one attached hydrogen (secondary N) is 1. The van der Waals surface area contributed by atoms with Gasteiger partial charge in [0.1, 0.15) is 16.3 Å². The third-order valence-corrected chi connectivity index (χ3v) is 6.45. The van der Waals surface area contributed by atoms with Gasteiger partial charge < -0.3 is 15.2 Å². The first kappa shape index (κ1) is 29.6. The Morgan fingerprint density at radius 2 is 1.85 bits per heavy atom. The Labute approximate surface area is 234 Å². The van der Waals surface area contributed by atoms with E-state index < -0.39 is 41.6 Å². The predicted molar refractivity (Wildman–Crippen MR) is 140 cm³/mol. The van der Waals surface area contributed by atoms with Crippen LogP contribution >= 0.6 is 11.3 Å². The smallest absolute Gasteiger partial charge is 0.433 e. The van der Waals surface area contributed by atoms with Crippen LogP contribution in [0.1, 0.15) is 32.0 Å². The third kappa shape index (κ3) is 8.06. The standard InChI is InChI=1S/C26H24F4N6O4S/c1-25(2,3)40-24(39)33-18(8-14-4-7-19(31-11-14)26(28,29)30)13-36-22(34-23(37)38)41-21(35-36)15-5-6-16-12-32-20(27)10-17(16)9-15/h4-7,9-12,18H,8,13H2,1-3H3,(H,33,39)(H,37,38)/b34-22-/t18-/m0/s1. The van der Waals surface area contributed by atoms with Crippen molar-refractivity contribution >= 4 is 34.3 Å². The van der Waals surface area contributed by atoms with E-state index in [2.05, 4.69) is 25.4 Å². The lowest BCUT2D eigenvalue weighted by atomic mass is 10.1. The number of alkyl carbamates (subject to hydrolysis) is 1. The van der Waals surface area contributed by atoms with Crippen molar-refractivity contribution in [3.8, 4) is 10.6 Å². The van der Waals surface area contributed by atoms with Crippen molar-refractivity contribution in [2.45, 2.75) is 51.6 Å². The monoisotopic (exact) mass is 592 g/mol. The van der Waals surface area contributed by atoms with E-state index in [4.69, 9.17) is 4.74 Å². The first-order valence-corrected chi connectivity index (χ1v) is 12.9. The molecule has 0 fully saturated rings. The number of pyridine rings is 2. The average Bonchev–Trinajstić information content (AvgIpc) is 3.23. The summed E-state index contributed by atoms with van der Waals surface area (Å²) in [6.45, 7) is 4.88. The van der Waals surface area contributed by atoms with Crippen molar-refractivity contribution in [3.05, 3.63) is 70.8 Å². The molecule has 15 heteroatoms. The summed E-state index contributed by atoms with van der Waals surface area (Å²) in [5.41, 5.74) is -0.973. The molecule has 0 aliphatic carbocycles. The number of carboxylic acid groups (broad SMARTS) is 1. The first-order chi connectivity index (χ1) is 19.2. The molecule has 0 saturated heterocycles. The van der Waals surface area contributed by atoms with E-state index in [1.807, 2.05) is 0 Å². The fourth-order valence-corrected chi connectivity index (χ4v) is 4.70. The predicted octanol–water partition coefficient (Wildman–Crippen LogP) is 5.43. The molecule has 3 heterocycles. The van der Waals surface area contributed by atoms with Crippen LogP contribution in [-0.4, -0.2) is 48.7 Å². The van der Waals surface area contributed by atoms with E-state index in [9.17, 15) is 32.3 Å². The van der Waals surface area contributed by atoms with Gasteiger partial charge in [0.05, 0.1) is 12.6 Å². The molecule has 0 spiro atoms. The highest BCUT2D eigenvalue weighted by Crippen LogP contribution is 2.28. The summed E-state index contributed by atoms with van der Waals surface area (Å²) in [5.74, 6) is -0.667. The van der Waals surface area contributed by atoms with E-state index in [0.717, 1.165) is 23.6 Å². The second kappa shape index (κ2) is 11.6. The van der Waals surface area contributed by atoms with Gasteiger partial charge in [-0.3, -0.25) is 4.98 Å². The van der Waals surface area contributed by atoms with Gasteiger partial charge in [0.25, 0.3) is 0 Å². The zero-order valence-electron chi connectivity index (χ0n) is 21.9. The van der Waals surface area contributed by atoms with Gasteiger partial charge in [-0.05, 0) is 50.3 Å². The van der Waals surface area contributed by atoms with Crippen LogP contribution in [-0.2, 0) is 23.9 Å². The molecule has 41 heavy (non-hydrogen) atoms. The fraction of sp³-hybridized carbons (Fsp3) is 0.308. The molecule has 0 unspecified atom stereocenters. The minimum atomic E-state index is -4.61. The number of rotatable bonds is 6. The summed E-state index contributed by atoms with van der Waals surface area (Å²) in [7, 11) is 0. The molecule has 10 nitrogen and oxygen atoms in total. The first-order valence-electron chi connectivity index (χ1n) is 12.1. The van der Waals surface area contributed by atoms with Gasteiger partial charge in [-0.2, -0.15) is 22.7 Å². The van der Waals surface area contributed by atoms with Crippen LogP contribution in [0.4, 0.5) is 27.2 Å². The van der Waals surface area contributed by atoms with Crippen molar-refractivity contribution < 1.29 is 37.0 Å². The quantitative estimate of drug-likeness (QED) is 0.226. The van der Waals surface area contributed by atoms with Crippen molar-refractivity contribution in [2.24, 2.45) is 4.99 Å². The molecule has 216 valence electrons. The number of nitrogens with zero attached hydrogens (tertiary/aromatic N) is 5. The molecule has 0 bridgehead atoms. The lowest BCUT2D eigenvalue weighted by Gasteiger charge is -2.23. The molecule has 2 amide bonds. The normalized spacial score (nSPS) is 13.3. The van der Waals surface area contributed by atoms with E-state index in [1.54, 1.807) is 39.0 Å². The molecule has 3 aromatic heterocycles. The van der Waals surface area contributed by atoms with E-state index >= 15 is 0 Å². The summed E-state index contributed by atoms with van der Waals surface area (Å²) in [6, 6.07) is 7.59. The number of hydrogen-bond acceptors (Lipinski definition) is 7. The molecule has 4 rings (SSSR count). The summed E-state index contributed by atoms with van der Waals surface area (Å²) in [4.78, 5) is 34.7.